The molecule has 1 aromatic heterocycles. The molecular formula is C10H10O4S. The molecule has 0 spiro atoms. The number of fused-ring (bicyclic) bond motifs is 1. The van der Waals surface area contributed by atoms with E-state index in [1.165, 1.54) is 0 Å². The van der Waals surface area contributed by atoms with Gasteiger partial charge in [0, 0.05) is 11.6 Å². The molecule has 1 aromatic carbocycles. The van der Waals surface area contributed by atoms with E-state index in [9.17, 15) is 13.2 Å². The summed E-state index contributed by atoms with van der Waals surface area (Å²) >= 11 is 0. The molecule has 0 bridgehead atoms. The maximum Gasteiger partial charge on any atom is 0.233 e. The number of sulfone groups is 1. The van der Waals surface area contributed by atoms with Crippen molar-refractivity contribution in [2.24, 2.45) is 0 Å². The number of hydrogen-bond donors (Lipinski definition) is 0. The number of benzene rings is 1. The van der Waals surface area contributed by atoms with E-state index in [4.69, 9.17) is 4.42 Å². The van der Waals surface area contributed by atoms with E-state index in [1.54, 1.807) is 6.26 Å². The zero-order valence-corrected chi connectivity index (χ0v) is 8.90. The number of carbonyl (C=O) groups is 1. The second-order valence-electron chi connectivity index (χ2n) is 2.88. The summed E-state index contributed by atoms with van der Waals surface area (Å²) in [7, 11) is -3.34. The van der Waals surface area contributed by atoms with E-state index < -0.39 is 9.84 Å². The van der Waals surface area contributed by atoms with Gasteiger partial charge in [-0.2, -0.15) is 0 Å². The number of hydrogen-bond acceptors (Lipinski definition) is 4. The molecule has 0 N–H and O–H groups in total. The zero-order valence-electron chi connectivity index (χ0n) is 8.08. The van der Waals surface area contributed by atoms with Gasteiger partial charge in [-0.25, -0.2) is 8.42 Å². The lowest BCUT2D eigenvalue weighted by atomic mass is 10.3. The van der Waals surface area contributed by atoms with Gasteiger partial charge >= 0.3 is 0 Å². The highest BCUT2D eigenvalue weighted by Crippen LogP contribution is 2.12. The molecule has 0 aliphatic carbocycles. The predicted octanol–water partition coefficient (Wildman–Crippen LogP) is 1.65. The Bertz CT molecular complexity index is 497. The second kappa shape index (κ2) is 4.75. The van der Waals surface area contributed by atoms with Crippen molar-refractivity contribution in [1.29, 1.82) is 0 Å². The van der Waals surface area contributed by atoms with Crippen molar-refractivity contribution in [3.63, 3.8) is 0 Å². The molecule has 80 valence electrons. The van der Waals surface area contributed by atoms with Crippen molar-refractivity contribution in [2.75, 3.05) is 6.26 Å². The van der Waals surface area contributed by atoms with E-state index in [2.05, 4.69) is 0 Å². The highest BCUT2D eigenvalue weighted by molar-refractivity contribution is 8.03. The lowest BCUT2D eigenvalue weighted by molar-refractivity contribution is 0.557. The van der Waals surface area contributed by atoms with Gasteiger partial charge in [0.05, 0.1) is 6.26 Å². The quantitative estimate of drug-likeness (QED) is 0.693. The van der Waals surface area contributed by atoms with Gasteiger partial charge in [-0.15, -0.1) is 0 Å². The molecule has 0 fully saturated rings. The van der Waals surface area contributed by atoms with Crippen LogP contribution in [0.2, 0.25) is 0 Å². The monoisotopic (exact) mass is 226 g/mol. The van der Waals surface area contributed by atoms with Crippen molar-refractivity contribution >= 4 is 26.4 Å². The molecule has 0 atom stereocenters. The van der Waals surface area contributed by atoms with Gasteiger partial charge in [0.15, 0.2) is 0 Å². The molecule has 0 unspecified atom stereocenters. The summed E-state index contributed by atoms with van der Waals surface area (Å²) in [6, 6.07) is 9.90. The van der Waals surface area contributed by atoms with E-state index >= 15 is 0 Å². The maximum atomic E-state index is 9.63. The summed E-state index contributed by atoms with van der Waals surface area (Å²) in [5.74, 6) is 0. The fourth-order valence-electron chi connectivity index (χ4n) is 0.906. The molecule has 15 heavy (non-hydrogen) atoms. The van der Waals surface area contributed by atoms with E-state index in [1.807, 2.05) is 30.3 Å². The predicted molar refractivity (Wildman–Crippen MR) is 57.8 cm³/mol. The Balaban J connectivity index is 0.000000167. The van der Waals surface area contributed by atoms with Gasteiger partial charge in [-0.3, -0.25) is 4.79 Å². The minimum absolute atomic E-state index is 0.0903. The lowest BCUT2D eigenvalue weighted by Crippen LogP contribution is -1.93. The molecule has 5 heteroatoms. The third-order valence-corrected chi connectivity index (χ3v) is 1.89. The van der Waals surface area contributed by atoms with E-state index in [-0.39, 0.29) is 5.62 Å². The molecule has 0 radical (unpaired) electrons. The van der Waals surface area contributed by atoms with Crippen LogP contribution in [-0.2, 0) is 14.6 Å². The standard InChI is InChI=1S/C8H6O.C2H4O3S/c1-2-4-8-7(3-1)5-6-9-8;1-6(4,5)2-3/h1-6H;2H,1H3. The molecule has 0 aliphatic heterocycles. The Morgan fingerprint density at radius 1 is 1.20 bits per heavy atom. The van der Waals surface area contributed by atoms with Crippen LogP contribution in [-0.4, -0.2) is 20.3 Å². The summed E-state index contributed by atoms with van der Waals surface area (Å²) in [4.78, 5) is 9.24. The lowest BCUT2D eigenvalue weighted by Gasteiger charge is -1.81. The minimum atomic E-state index is -3.34. The van der Waals surface area contributed by atoms with E-state index in [0.29, 0.717) is 0 Å². The van der Waals surface area contributed by atoms with Crippen LogP contribution in [0.1, 0.15) is 0 Å². The van der Waals surface area contributed by atoms with Crippen LogP contribution >= 0.6 is 0 Å². The molecule has 2 rings (SSSR count). The zero-order chi connectivity index (χ0) is 11.3. The van der Waals surface area contributed by atoms with Gasteiger partial charge in [0.1, 0.15) is 5.58 Å². The first-order chi connectivity index (χ1) is 7.03. The van der Waals surface area contributed by atoms with Crippen molar-refractivity contribution in [3.8, 4) is 0 Å². The molecule has 2 aromatic rings. The van der Waals surface area contributed by atoms with Crippen LogP contribution in [0.3, 0.4) is 0 Å². The smallest absolute Gasteiger partial charge is 0.233 e. The van der Waals surface area contributed by atoms with Gasteiger partial charge in [-0.05, 0) is 12.1 Å². The Hall–Kier alpha value is -1.62. The number of carbonyl (C=O) groups excluding carboxylic acids is 1. The molecule has 0 saturated carbocycles. The molecule has 0 aliphatic rings. The molecule has 0 amide bonds. The molecular weight excluding hydrogens is 216 g/mol. The highest BCUT2D eigenvalue weighted by Gasteiger charge is 1.91. The highest BCUT2D eigenvalue weighted by atomic mass is 32.2. The fourth-order valence-corrected chi connectivity index (χ4v) is 0.906. The van der Waals surface area contributed by atoms with Crippen molar-refractivity contribution in [3.05, 3.63) is 36.6 Å². The van der Waals surface area contributed by atoms with Crippen LogP contribution in [0.5, 0.6) is 0 Å². The van der Waals surface area contributed by atoms with Crippen LogP contribution in [0.15, 0.2) is 41.0 Å². The summed E-state index contributed by atoms with van der Waals surface area (Å²) in [6.45, 7) is 0. The fraction of sp³-hybridized carbons (Fsp3) is 0.100. The summed E-state index contributed by atoms with van der Waals surface area (Å²) in [6.07, 6.45) is 2.55. The first kappa shape index (κ1) is 11.5. The number of para-hydroxylation sites is 1. The molecule has 0 saturated heterocycles. The second-order valence-corrected chi connectivity index (χ2v) is 4.74. The van der Waals surface area contributed by atoms with Gasteiger partial charge in [0.2, 0.25) is 15.5 Å². The maximum absolute atomic E-state index is 9.63. The topological polar surface area (TPSA) is 64.3 Å². The van der Waals surface area contributed by atoms with Gasteiger partial charge < -0.3 is 4.42 Å². The van der Waals surface area contributed by atoms with Crippen LogP contribution < -0.4 is 0 Å². The number of furan rings is 1. The van der Waals surface area contributed by atoms with Crippen molar-refractivity contribution in [1.82, 2.24) is 0 Å². The minimum Gasteiger partial charge on any atom is -0.464 e. The average Bonchev–Trinajstić information content (AvgIpc) is 2.65. The summed E-state index contributed by atoms with van der Waals surface area (Å²) in [5, 5.41) is 1.16. The van der Waals surface area contributed by atoms with Gasteiger partial charge in [-0.1, -0.05) is 18.2 Å². The van der Waals surface area contributed by atoms with E-state index in [0.717, 1.165) is 17.2 Å². The Morgan fingerprint density at radius 3 is 2.33 bits per heavy atom. The average molecular weight is 226 g/mol. The Morgan fingerprint density at radius 2 is 1.80 bits per heavy atom. The molecule has 1 heterocycles. The summed E-state index contributed by atoms with van der Waals surface area (Å²) in [5.41, 5.74) is 0.866. The Kier molecular flexibility index (Phi) is 3.62. The third kappa shape index (κ3) is 3.95. The third-order valence-electron chi connectivity index (χ3n) is 1.54. The normalized spacial score (nSPS) is 10.5. The Labute approximate surface area is 87.4 Å². The first-order valence-corrected chi connectivity index (χ1v) is 6.06. The SMILES string of the molecule is CS(=O)(=O)C=O.c1ccc2occc2c1. The number of rotatable bonds is 1. The summed E-state index contributed by atoms with van der Waals surface area (Å²) < 4.78 is 24.4. The molecule has 4 nitrogen and oxygen atoms in total. The van der Waals surface area contributed by atoms with Crippen molar-refractivity contribution < 1.29 is 17.6 Å². The first-order valence-electron chi connectivity index (χ1n) is 4.10. The van der Waals surface area contributed by atoms with Crippen LogP contribution in [0.4, 0.5) is 0 Å². The van der Waals surface area contributed by atoms with Crippen LogP contribution in [0, 0.1) is 0 Å². The van der Waals surface area contributed by atoms with Crippen LogP contribution in [0.25, 0.3) is 11.0 Å². The largest absolute Gasteiger partial charge is 0.464 e. The van der Waals surface area contributed by atoms with Gasteiger partial charge in [0.25, 0.3) is 0 Å². The van der Waals surface area contributed by atoms with Crippen molar-refractivity contribution in [2.45, 2.75) is 0 Å².